The van der Waals surface area contributed by atoms with Gasteiger partial charge in [-0.05, 0) is 55.2 Å². The zero-order valence-corrected chi connectivity index (χ0v) is 15.2. The fourth-order valence-corrected chi connectivity index (χ4v) is 2.72. The Morgan fingerprint density at radius 3 is 1.52 bits per heavy atom. The lowest BCUT2D eigenvalue weighted by atomic mass is 10.1. The van der Waals surface area contributed by atoms with Crippen molar-refractivity contribution in [3.8, 4) is 0 Å². The zero-order valence-electron chi connectivity index (χ0n) is 15.2. The molecule has 0 unspecified atom stereocenters. The molecular formula is C21H22F2N4. The second-order valence-electron chi connectivity index (χ2n) is 6.29. The van der Waals surface area contributed by atoms with Crippen LogP contribution in [0.2, 0.25) is 0 Å². The maximum atomic E-state index is 12.9. The van der Waals surface area contributed by atoms with Gasteiger partial charge in [-0.25, -0.2) is 18.7 Å². The molecule has 1 heterocycles. The highest BCUT2D eigenvalue weighted by atomic mass is 19.1. The van der Waals surface area contributed by atoms with Gasteiger partial charge in [0.25, 0.3) is 0 Å². The van der Waals surface area contributed by atoms with E-state index in [1.807, 2.05) is 13.0 Å². The van der Waals surface area contributed by atoms with Crippen LogP contribution in [0, 0.1) is 18.6 Å². The van der Waals surface area contributed by atoms with Crippen molar-refractivity contribution in [3.63, 3.8) is 0 Å². The number of hydrogen-bond donors (Lipinski definition) is 2. The van der Waals surface area contributed by atoms with Crippen LogP contribution >= 0.6 is 0 Å². The van der Waals surface area contributed by atoms with Crippen LogP contribution in [0.25, 0.3) is 0 Å². The number of aromatic nitrogens is 2. The lowest BCUT2D eigenvalue weighted by molar-refractivity contribution is 0.626. The van der Waals surface area contributed by atoms with Crippen molar-refractivity contribution >= 4 is 11.6 Å². The number of nitrogens with one attached hydrogen (secondary N) is 2. The second-order valence-corrected chi connectivity index (χ2v) is 6.29. The monoisotopic (exact) mass is 368 g/mol. The van der Waals surface area contributed by atoms with Gasteiger partial charge >= 0.3 is 0 Å². The second kappa shape index (κ2) is 9.07. The normalized spacial score (nSPS) is 10.6. The Labute approximate surface area is 157 Å². The highest BCUT2D eigenvalue weighted by Crippen LogP contribution is 2.12. The van der Waals surface area contributed by atoms with Crippen LogP contribution in [0.4, 0.5) is 20.4 Å². The Bertz CT molecular complexity index is 795. The molecule has 0 atom stereocenters. The minimum atomic E-state index is -0.227. The number of benzene rings is 2. The molecule has 0 radical (unpaired) electrons. The third kappa shape index (κ3) is 6.02. The van der Waals surface area contributed by atoms with Crippen molar-refractivity contribution in [1.82, 2.24) is 9.97 Å². The molecule has 0 saturated heterocycles. The van der Waals surface area contributed by atoms with Crippen molar-refractivity contribution in [2.75, 3.05) is 23.7 Å². The molecule has 1 aromatic heterocycles. The van der Waals surface area contributed by atoms with E-state index < -0.39 is 0 Å². The van der Waals surface area contributed by atoms with Crippen LogP contribution in [0.3, 0.4) is 0 Å². The van der Waals surface area contributed by atoms with E-state index >= 15 is 0 Å². The molecule has 0 saturated carbocycles. The molecule has 27 heavy (non-hydrogen) atoms. The van der Waals surface area contributed by atoms with Crippen molar-refractivity contribution in [2.24, 2.45) is 0 Å². The van der Waals surface area contributed by atoms with Crippen LogP contribution in [0.15, 0.2) is 54.6 Å². The molecule has 0 fully saturated rings. The molecule has 140 valence electrons. The first-order valence-corrected chi connectivity index (χ1v) is 8.91. The van der Waals surface area contributed by atoms with E-state index in [2.05, 4.69) is 20.6 Å². The molecule has 3 aromatic rings. The topological polar surface area (TPSA) is 49.8 Å². The summed E-state index contributed by atoms with van der Waals surface area (Å²) in [6.07, 6.45) is 1.55. The van der Waals surface area contributed by atoms with E-state index in [0.717, 1.165) is 35.6 Å². The standard InChI is InChI=1S/C21H22F2N4/c1-15-26-20(24-12-10-16-2-6-18(22)7-3-16)14-21(27-15)25-13-11-17-4-8-19(23)9-5-17/h2-9,14H,10-13H2,1H3,(H2,24,25,26,27). The lowest BCUT2D eigenvalue weighted by Gasteiger charge is -2.10. The van der Waals surface area contributed by atoms with Gasteiger partial charge in [-0.15, -0.1) is 0 Å². The van der Waals surface area contributed by atoms with Crippen LogP contribution in [0.5, 0.6) is 0 Å². The van der Waals surface area contributed by atoms with E-state index in [0.29, 0.717) is 18.9 Å². The van der Waals surface area contributed by atoms with Gasteiger partial charge in [0.15, 0.2) is 0 Å². The van der Waals surface area contributed by atoms with Crippen LogP contribution < -0.4 is 10.6 Å². The summed E-state index contributed by atoms with van der Waals surface area (Å²) in [6, 6.07) is 14.9. The van der Waals surface area contributed by atoms with Crippen LogP contribution in [-0.2, 0) is 12.8 Å². The summed E-state index contributed by atoms with van der Waals surface area (Å²) in [6.45, 7) is 3.23. The lowest BCUT2D eigenvalue weighted by Crippen LogP contribution is -2.11. The number of nitrogens with zero attached hydrogens (tertiary/aromatic N) is 2. The number of halogens is 2. The number of hydrogen-bond acceptors (Lipinski definition) is 4. The summed E-state index contributed by atoms with van der Waals surface area (Å²) < 4.78 is 25.9. The quantitative estimate of drug-likeness (QED) is 0.620. The van der Waals surface area contributed by atoms with Crippen molar-refractivity contribution in [1.29, 1.82) is 0 Å². The van der Waals surface area contributed by atoms with Gasteiger partial charge in [0, 0.05) is 19.2 Å². The summed E-state index contributed by atoms with van der Waals surface area (Å²) in [7, 11) is 0. The molecule has 0 amide bonds. The highest BCUT2D eigenvalue weighted by Gasteiger charge is 2.03. The summed E-state index contributed by atoms with van der Waals surface area (Å²) in [5.74, 6) is 1.71. The van der Waals surface area contributed by atoms with Crippen LogP contribution in [0.1, 0.15) is 17.0 Å². The van der Waals surface area contributed by atoms with Crippen LogP contribution in [-0.4, -0.2) is 23.1 Å². The Kier molecular flexibility index (Phi) is 6.30. The van der Waals surface area contributed by atoms with Gasteiger partial charge in [-0.3, -0.25) is 0 Å². The van der Waals surface area contributed by atoms with Gasteiger partial charge in [-0.1, -0.05) is 24.3 Å². The molecule has 0 bridgehead atoms. The SMILES string of the molecule is Cc1nc(NCCc2ccc(F)cc2)cc(NCCc2ccc(F)cc2)n1. The van der Waals surface area contributed by atoms with Gasteiger partial charge in [0.1, 0.15) is 29.1 Å². The Morgan fingerprint density at radius 2 is 1.11 bits per heavy atom. The van der Waals surface area contributed by atoms with Crippen molar-refractivity contribution in [3.05, 3.63) is 83.2 Å². The molecule has 0 aliphatic heterocycles. The van der Waals surface area contributed by atoms with Crippen molar-refractivity contribution < 1.29 is 8.78 Å². The van der Waals surface area contributed by atoms with Gasteiger partial charge in [0.2, 0.25) is 0 Å². The summed E-state index contributed by atoms with van der Waals surface area (Å²) in [5, 5.41) is 6.55. The summed E-state index contributed by atoms with van der Waals surface area (Å²) in [5.41, 5.74) is 2.12. The fourth-order valence-electron chi connectivity index (χ4n) is 2.72. The van der Waals surface area contributed by atoms with Gasteiger partial charge < -0.3 is 10.6 Å². The highest BCUT2D eigenvalue weighted by molar-refractivity contribution is 5.47. The molecule has 0 spiro atoms. The van der Waals surface area contributed by atoms with E-state index in [-0.39, 0.29) is 11.6 Å². The first-order chi connectivity index (χ1) is 13.1. The van der Waals surface area contributed by atoms with Crippen molar-refractivity contribution in [2.45, 2.75) is 19.8 Å². The fraction of sp³-hybridized carbons (Fsp3) is 0.238. The number of aryl methyl sites for hydroxylation is 1. The zero-order chi connectivity index (χ0) is 19.1. The average Bonchev–Trinajstić information content (AvgIpc) is 2.65. The number of rotatable bonds is 8. The van der Waals surface area contributed by atoms with E-state index in [9.17, 15) is 8.78 Å². The van der Waals surface area contributed by atoms with Gasteiger partial charge in [-0.2, -0.15) is 0 Å². The first kappa shape index (κ1) is 18.8. The molecule has 3 rings (SSSR count). The maximum Gasteiger partial charge on any atom is 0.131 e. The van der Waals surface area contributed by atoms with E-state index in [1.165, 1.54) is 24.3 Å². The molecular weight excluding hydrogens is 346 g/mol. The number of anilines is 2. The molecule has 4 nitrogen and oxygen atoms in total. The average molecular weight is 368 g/mol. The largest absolute Gasteiger partial charge is 0.370 e. The molecule has 6 heteroatoms. The predicted octanol–water partition coefficient (Wildman–Crippen LogP) is 4.37. The Hall–Kier alpha value is -3.02. The summed E-state index contributed by atoms with van der Waals surface area (Å²) >= 11 is 0. The smallest absolute Gasteiger partial charge is 0.131 e. The first-order valence-electron chi connectivity index (χ1n) is 8.91. The Balaban J connectivity index is 1.50. The minimum absolute atomic E-state index is 0.227. The molecule has 2 aromatic carbocycles. The third-order valence-electron chi connectivity index (χ3n) is 4.10. The predicted molar refractivity (Wildman–Crippen MR) is 104 cm³/mol. The summed E-state index contributed by atoms with van der Waals surface area (Å²) in [4.78, 5) is 8.78. The van der Waals surface area contributed by atoms with E-state index in [4.69, 9.17) is 0 Å². The molecule has 2 N–H and O–H groups in total. The molecule has 0 aliphatic carbocycles. The van der Waals surface area contributed by atoms with Gasteiger partial charge in [0.05, 0.1) is 0 Å². The molecule has 0 aliphatic rings. The Morgan fingerprint density at radius 1 is 0.704 bits per heavy atom. The maximum absolute atomic E-state index is 12.9. The third-order valence-corrected chi connectivity index (χ3v) is 4.10. The minimum Gasteiger partial charge on any atom is -0.370 e. The van der Waals surface area contributed by atoms with E-state index in [1.54, 1.807) is 24.3 Å².